The Labute approximate surface area is 85.6 Å². The summed E-state index contributed by atoms with van der Waals surface area (Å²) in [5.41, 5.74) is 0. The van der Waals surface area contributed by atoms with Gasteiger partial charge < -0.3 is 15.0 Å². The summed E-state index contributed by atoms with van der Waals surface area (Å²) in [4.78, 5) is 13.4. The summed E-state index contributed by atoms with van der Waals surface area (Å²) in [6.07, 6.45) is 2.37. The van der Waals surface area contributed by atoms with Gasteiger partial charge in [0.05, 0.1) is 6.10 Å². The van der Waals surface area contributed by atoms with Gasteiger partial charge in [-0.3, -0.25) is 0 Å². The fraction of sp³-hybridized carbons (Fsp3) is 0.900. The van der Waals surface area contributed by atoms with Crippen molar-refractivity contribution in [2.24, 2.45) is 0 Å². The number of ether oxygens (including phenoxy) is 1. The van der Waals surface area contributed by atoms with Crippen molar-refractivity contribution in [1.82, 2.24) is 10.2 Å². The van der Waals surface area contributed by atoms with Gasteiger partial charge in [0.25, 0.3) is 0 Å². The van der Waals surface area contributed by atoms with Crippen LogP contribution in [0.15, 0.2) is 0 Å². The molecule has 1 rings (SSSR count). The van der Waals surface area contributed by atoms with Crippen LogP contribution in [0.2, 0.25) is 0 Å². The van der Waals surface area contributed by atoms with E-state index in [-0.39, 0.29) is 12.1 Å². The second-order valence-corrected chi connectivity index (χ2v) is 3.65. The molecule has 4 heteroatoms. The van der Waals surface area contributed by atoms with Crippen molar-refractivity contribution in [1.29, 1.82) is 0 Å². The van der Waals surface area contributed by atoms with Crippen LogP contribution in [0, 0.1) is 0 Å². The van der Waals surface area contributed by atoms with Crippen LogP contribution in [0.3, 0.4) is 0 Å². The zero-order valence-electron chi connectivity index (χ0n) is 9.08. The molecular formula is C10H20N2O2. The van der Waals surface area contributed by atoms with Gasteiger partial charge in [-0.1, -0.05) is 0 Å². The fourth-order valence-corrected chi connectivity index (χ4v) is 1.61. The number of hydrogen-bond donors (Lipinski definition) is 1. The maximum atomic E-state index is 11.5. The number of hydrogen-bond acceptors (Lipinski definition) is 2. The molecule has 0 aromatic carbocycles. The predicted octanol–water partition coefficient (Wildman–Crippen LogP) is 1.22. The third kappa shape index (κ3) is 3.54. The number of likely N-dealkylation sites (tertiary alicyclic amines) is 1. The van der Waals surface area contributed by atoms with Crippen molar-refractivity contribution in [2.45, 2.75) is 32.8 Å². The van der Waals surface area contributed by atoms with Crippen LogP contribution in [-0.2, 0) is 4.74 Å². The van der Waals surface area contributed by atoms with Gasteiger partial charge in [-0.05, 0) is 26.7 Å². The van der Waals surface area contributed by atoms with E-state index in [1.807, 2.05) is 18.7 Å². The first-order valence-electron chi connectivity index (χ1n) is 5.38. The van der Waals surface area contributed by atoms with Crippen LogP contribution in [0.5, 0.6) is 0 Å². The minimum absolute atomic E-state index is 0.0500. The lowest BCUT2D eigenvalue weighted by Gasteiger charge is -2.18. The molecule has 0 aromatic heterocycles. The van der Waals surface area contributed by atoms with Crippen molar-refractivity contribution in [3.63, 3.8) is 0 Å². The van der Waals surface area contributed by atoms with E-state index in [0.717, 1.165) is 25.9 Å². The lowest BCUT2D eigenvalue weighted by Crippen LogP contribution is -2.41. The van der Waals surface area contributed by atoms with Gasteiger partial charge in [0.15, 0.2) is 0 Å². The molecule has 0 radical (unpaired) electrons. The Balaban J connectivity index is 2.13. The molecule has 1 N–H and O–H groups in total. The summed E-state index contributed by atoms with van der Waals surface area (Å²) < 4.78 is 5.32. The maximum Gasteiger partial charge on any atom is 0.317 e. The number of rotatable bonds is 4. The zero-order chi connectivity index (χ0) is 10.4. The molecule has 1 saturated heterocycles. The van der Waals surface area contributed by atoms with Gasteiger partial charge in [0, 0.05) is 26.2 Å². The van der Waals surface area contributed by atoms with Gasteiger partial charge in [0.1, 0.15) is 0 Å². The first-order chi connectivity index (χ1) is 6.74. The number of nitrogens with zero attached hydrogens (tertiary/aromatic N) is 1. The van der Waals surface area contributed by atoms with Crippen LogP contribution < -0.4 is 5.32 Å². The minimum atomic E-state index is 0.0500. The number of amides is 2. The second kappa shape index (κ2) is 5.86. The van der Waals surface area contributed by atoms with E-state index in [1.54, 1.807) is 0 Å². The molecule has 0 aromatic rings. The van der Waals surface area contributed by atoms with Crippen LogP contribution in [0.25, 0.3) is 0 Å². The SMILES string of the molecule is CCOC(C)CNC(=O)N1CCCC1. The van der Waals surface area contributed by atoms with Crippen LogP contribution in [-0.4, -0.2) is 43.3 Å². The van der Waals surface area contributed by atoms with E-state index >= 15 is 0 Å². The van der Waals surface area contributed by atoms with E-state index in [0.29, 0.717) is 13.2 Å². The molecule has 14 heavy (non-hydrogen) atoms. The first-order valence-corrected chi connectivity index (χ1v) is 5.38. The topological polar surface area (TPSA) is 41.6 Å². The van der Waals surface area contributed by atoms with Gasteiger partial charge in [-0.15, -0.1) is 0 Å². The largest absolute Gasteiger partial charge is 0.377 e. The Hall–Kier alpha value is -0.770. The lowest BCUT2D eigenvalue weighted by atomic mass is 10.4. The maximum absolute atomic E-state index is 11.5. The number of carbonyl (C=O) groups excluding carboxylic acids is 1. The normalized spacial score (nSPS) is 18.3. The fourth-order valence-electron chi connectivity index (χ4n) is 1.61. The van der Waals surface area contributed by atoms with E-state index in [2.05, 4.69) is 5.32 Å². The minimum Gasteiger partial charge on any atom is -0.377 e. The molecule has 1 aliphatic heterocycles. The Morgan fingerprint density at radius 3 is 2.71 bits per heavy atom. The van der Waals surface area contributed by atoms with Gasteiger partial charge in [0.2, 0.25) is 0 Å². The first kappa shape index (κ1) is 11.3. The smallest absolute Gasteiger partial charge is 0.317 e. The Kier molecular flexibility index (Phi) is 4.73. The van der Waals surface area contributed by atoms with Crippen molar-refractivity contribution in [3.8, 4) is 0 Å². The Morgan fingerprint density at radius 1 is 1.50 bits per heavy atom. The molecule has 0 aliphatic carbocycles. The van der Waals surface area contributed by atoms with Gasteiger partial charge in [-0.2, -0.15) is 0 Å². The average Bonchev–Trinajstić information content (AvgIpc) is 2.67. The third-order valence-corrected chi connectivity index (χ3v) is 2.39. The van der Waals surface area contributed by atoms with E-state index < -0.39 is 0 Å². The molecule has 0 bridgehead atoms. The molecule has 0 saturated carbocycles. The van der Waals surface area contributed by atoms with Crippen LogP contribution >= 0.6 is 0 Å². The number of carbonyl (C=O) groups is 1. The highest BCUT2D eigenvalue weighted by Crippen LogP contribution is 2.06. The third-order valence-electron chi connectivity index (χ3n) is 2.39. The summed E-state index contributed by atoms with van der Waals surface area (Å²) in [7, 11) is 0. The van der Waals surface area contributed by atoms with E-state index in [4.69, 9.17) is 4.74 Å². The zero-order valence-corrected chi connectivity index (χ0v) is 9.08. The molecule has 1 aliphatic rings. The van der Waals surface area contributed by atoms with Gasteiger partial charge >= 0.3 is 6.03 Å². The number of nitrogens with one attached hydrogen (secondary N) is 1. The highest BCUT2D eigenvalue weighted by atomic mass is 16.5. The van der Waals surface area contributed by atoms with E-state index in [1.165, 1.54) is 0 Å². The molecule has 1 unspecified atom stereocenters. The van der Waals surface area contributed by atoms with Crippen molar-refractivity contribution >= 4 is 6.03 Å². The van der Waals surface area contributed by atoms with Crippen molar-refractivity contribution in [2.75, 3.05) is 26.2 Å². The summed E-state index contributed by atoms with van der Waals surface area (Å²) in [5.74, 6) is 0. The lowest BCUT2D eigenvalue weighted by molar-refractivity contribution is 0.0764. The summed E-state index contributed by atoms with van der Waals surface area (Å²) in [6.45, 7) is 7.01. The quantitative estimate of drug-likeness (QED) is 0.741. The molecule has 0 spiro atoms. The Bertz CT molecular complexity index is 179. The van der Waals surface area contributed by atoms with Crippen LogP contribution in [0.4, 0.5) is 4.79 Å². The van der Waals surface area contributed by atoms with Crippen molar-refractivity contribution in [3.05, 3.63) is 0 Å². The highest BCUT2D eigenvalue weighted by Gasteiger charge is 2.17. The van der Waals surface area contributed by atoms with Crippen molar-refractivity contribution < 1.29 is 9.53 Å². The molecular weight excluding hydrogens is 180 g/mol. The predicted molar refractivity (Wildman–Crippen MR) is 55.3 cm³/mol. The Morgan fingerprint density at radius 2 is 2.14 bits per heavy atom. The molecule has 1 heterocycles. The molecule has 2 amide bonds. The highest BCUT2D eigenvalue weighted by molar-refractivity contribution is 5.74. The number of urea groups is 1. The van der Waals surface area contributed by atoms with E-state index in [9.17, 15) is 4.79 Å². The standard InChI is InChI=1S/C10H20N2O2/c1-3-14-9(2)8-11-10(13)12-6-4-5-7-12/h9H,3-8H2,1-2H3,(H,11,13). The monoisotopic (exact) mass is 200 g/mol. The van der Waals surface area contributed by atoms with Gasteiger partial charge in [-0.25, -0.2) is 4.79 Å². The molecule has 1 atom stereocenters. The molecule has 1 fully saturated rings. The molecule has 4 nitrogen and oxygen atoms in total. The summed E-state index contributed by atoms with van der Waals surface area (Å²) >= 11 is 0. The summed E-state index contributed by atoms with van der Waals surface area (Å²) in [5, 5.41) is 2.87. The average molecular weight is 200 g/mol. The van der Waals surface area contributed by atoms with Crippen LogP contribution in [0.1, 0.15) is 26.7 Å². The molecule has 82 valence electrons. The second-order valence-electron chi connectivity index (χ2n) is 3.65. The summed E-state index contributed by atoms with van der Waals surface area (Å²) in [6, 6.07) is 0.0500.